The van der Waals surface area contributed by atoms with E-state index in [4.69, 9.17) is 9.47 Å². The predicted molar refractivity (Wildman–Crippen MR) is 112 cm³/mol. The summed E-state index contributed by atoms with van der Waals surface area (Å²) in [5.41, 5.74) is 0.545. The lowest BCUT2D eigenvalue weighted by Crippen LogP contribution is -2.54. The number of nitrogens with zero attached hydrogens (tertiary/aromatic N) is 1. The van der Waals surface area contributed by atoms with Crippen molar-refractivity contribution in [2.45, 2.75) is 13.3 Å². The van der Waals surface area contributed by atoms with Gasteiger partial charge in [-0.1, -0.05) is 28.9 Å². The maximum absolute atomic E-state index is 12.9. The molecule has 0 aliphatic carbocycles. The molecule has 0 aromatic heterocycles. The number of carbonyl (C=O) groups excluding carboxylic acids is 4. The average molecular weight is 473 g/mol. The number of ether oxygens (including phenoxy) is 2. The van der Waals surface area contributed by atoms with Crippen molar-refractivity contribution in [1.82, 2.24) is 5.32 Å². The van der Waals surface area contributed by atoms with Crippen molar-refractivity contribution in [3.63, 3.8) is 0 Å². The molecule has 2 aromatic carbocycles. The fraction of sp³-hybridized carbons (Fsp3) is 0.143. The second-order valence-corrected chi connectivity index (χ2v) is 7.09. The van der Waals surface area contributed by atoms with Crippen LogP contribution in [0.5, 0.6) is 11.5 Å². The Bertz CT molecular complexity index is 1060. The molecule has 1 aliphatic rings. The molecule has 154 valence electrons. The minimum absolute atomic E-state index is 0.198. The molecule has 1 aliphatic heterocycles. The molecule has 3 rings (SSSR count). The minimum atomic E-state index is -0.830. The van der Waals surface area contributed by atoms with Gasteiger partial charge in [0.25, 0.3) is 11.8 Å². The van der Waals surface area contributed by atoms with E-state index in [9.17, 15) is 19.2 Å². The number of hydrogen-bond donors (Lipinski definition) is 1. The molecule has 1 heterocycles. The van der Waals surface area contributed by atoms with Crippen molar-refractivity contribution in [2.24, 2.45) is 0 Å². The number of rotatable bonds is 5. The molecule has 4 amide bonds. The Labute approximate surface area is 180 Å². The highest BCUT2D eigenvalue weighted by Gasteiger charge is 2.36. The lowest BCUT2D eigenvalue weighted by molar-refractivity contribution is -0.134. The first kappa shape index (κ1) is 21.3. The van der Waals surface area contributed by atoms with Crippen molar-refractivity contribution < 1.29 is 28.7 Å². The Balaban J connectivity index is 1.96. The van der Waals surface area contributed by atoms with Crippen LogP contribution in [0.25, 0.3) is 6.08 Å². The molecular weight excluding hydrogens is 456 g/mol. The van der Waals surface area contributed by atoms with E-state index < -0.39 is 23.8 Å². The molecular formula is C21H17BrN2O6. The van der Waals surface area contributed by atoms with Gasteiger partial charge < -0.3 is 9.47 Å². The van der Waals surface area contributed by atoms with E-state index in [0.29, 0.717) is 11.3 Å². The summed E-state index contributed by atoms with van der Waals surface area (Å²) in [4.78, 5) is 49.9. The number of benzene rings is 2. The third kappa shape index (κ3) is 4.41. The Morgan fingerprint density at radius 2 is 1.80 bits per heavy atom. The van der Waals surface area contributed by atoms with Crippen molar-refractivity contribution in [3.05, 3.63) is 58.1 Å². The van der Waals surface area contributed by atoms with E-state index in [1.807, 2.05) is 0 Å². The summed E-state index contributed by atoms with van der Waals surface area (Å²) in [5.74, 6) is -1.51. The van der Waals surface area contributed by atoms with Crippen molar-refractivity contribution in [1.29, 1.82) is 0 Å². The lowest BCUT2D eigenvalue weighted by atomic mass is 10.1. The molecule has 30 heavy (non-hydrogen) atoms. The smallest absolute Gasteiger partial charge is 0.335 e. The molecule has 0 radical (unpaired) electrons. The largest absolute Gasteiger partial charge is 0.493 e. The van der Waals surface area contributed by atoms with E-state index in [2.05, 4.69) is 21.2 Å². The van der Waals surface area contributed by atoms with Crippen LogP contribution in [0.2, 0.25) is 0 Å². The van der Waals surface area contributed by atoms with Gasteiger partial charge >= 0.3 is 12.0 Å². The van der Waals surface area contributed by atoms with Gasteiger partial charge in [0.2, 0.25) is 0 Å². The third-order valence-electron chi connectivity index (χ3n) is 4.20. The summed E-state index contributed by atoms with van der Waals surface area (Å²) in [7, 11) is 1.40. The molecule has 9 heteroatoms. The molecule has 2 aromatic rings. The van der Waals surface area contributed by atoms with Crippen LogP contribution < -0.4 is 19.7 Å². The first-order chi connectivity index (χ1) is 14.3. The van der Waals surface area contributed by atoms with Crippen LogP contribution in [0.1, 0.15) is 18.9 Å². The van der Waals surface area contributed by atoms with Gasteiger partial charge in [0, 0.05) is 10.9 Å². The van der Waals surface area contributed by atoms with E-state index in [1.165, 1.54) is 25.3 Å². The molecule has 0 atom stereocenters. The van der Waals surface area contributed by atoms with Gasteiger partial charge in [0.1, 0.15) is 5.57 Å². The van der Waals surface area contributed by atoms with Crippen LogP contribution in [-0.4, -0.2) is 30.9 Å². The number of urea groups is 1. The molecule has 0 saturated carbocycles. The average Bonchev–Trinajstić information content (AvgIpc) is 2.73. The number of barbiturate groups is 1. The molecule has 8 nitrogen and oxygen atoms in total. The summed E-state index contributed by atoms with van der Waals surface area (Å²) in [6.07, 6.45) is 1.54. The molecule has 0 bridgehead atoms. The zero-order valence-electron chi connectivity index (χ0n) is 16.1. The zero-order chi connectivity index (χ0) is 21.8. The number of hydrogen-bond acceptors (Lipinski definition) is 6. The van der Waals surface area contributed by atoms with Gasteiger partial charge in [-0.25, -0.2) is 9.69 Å². The first-order valence-electron chi connectivity index (χ1n) is 8.89. The van der Waals surface area contributed by atoms with E-state index in [1.54, 1.807) is 37.3 Å². The molecule has 1 fully saturated rings. The fourth-order valence-electron chi connectivity index (χ4n) is 2.70. The summed E-state index contributed by atoms with van der Waals surface area (Å²) in [5, 5.41) is 2.16. The SMILES string of the molecule is CCC(=O)Oc1ccc(/C=C2/C(=O)NC(=O)N(c3ccc(Br)cc3)C2=O)cc1OC. The maximum atomic E-state index is 12.9. The highest BCUT2D eigenvalue weighted by atomic mass is 79.9. The second-order valence-electron chi connectivity index (χ2n) is 6.17. The summed E-state index contributed by atoms with van der Waals surface area (Å²) < 4.78 is 11.2. The molecule has 0 unspecified atom stereocenters. The summed E-state index contributed by atoms with van der Waals surface area (Å²) >= 11 is 3.29. The second kappa shape index (κ2) is 8.91. The fourth-order valence-corrected chi connectivity index (χ4v) is 2.97. The van der Waals surface area contributed by atoms with Gasteiger partial charge in [-0.05, 0) is 48.0 Å². The number of halogens is 1. The molecule has 1 N–H and O–H groups in total. The lowest BCUT2D eigenvalue weighted by Gasteiger charge is -2.26. The number of anilines is 1. The van der Waals surface area contributed by atoms with Crippen molar-refractivity contribution in [2.75, 3.05) is 12.0 Å². The predicted octanol–water partition coefficient (Wildman–Crippen LogP) is 3.44. The Kier molecular flexibility index (Phi) is 6.31. The number of esters is 1. The van der Waals surface area contributed by atoms with Crippen LogP contribution in [-0.2, 0) is 14.4 Å². The maximum Gasteiger partial charge on any atom is 0.335 e. The standard InChI is InChI=1S/C21H17BrN2O6/c1-3-18(25)30-16-9-4-12(11-17(16)29-2)10-15-19(26)23-21(28)24(20(15)27)14-7-5-13(22)6-8-14/h4-11H,3H2,1-2H3,(H,23,26,28)/b15-10-. The van der Waals surface area contributed by atoms with Crippen LogP contribution in [0.15, 0.2) is 52.5 Å². The Morgan fingerprint density at radius 3 is 2.43 bits per heavy atom. The van der Waals surface area contributed by atoms with Crippen molar-refractivity contribution >= 4 is 51.5 Å². The number of nitrogens with one attached hydrogen (secondary N) is 1. The molecule has 1 saturated heterocycles. The van der Waals surface area contributed by atoms with Gasteiger partial charge in [-0.3, -0.25) is 19.7 Å². The number of methoxy groups -OCH3 is 1. The Hall–Kier alpha value is -3.46. The van der Waals surface area contributed by atoms with E-state index in [0.717, 1.165) is 9.37 Å². The number of carbonyl (C=O) groups is 4. The monoisotopic (exact) mass is 472 g/mol. The minimum Gasteiger partial charge on any atom is -0.493 e. The normalized spacial score (nSPS) is 15.2. The zero-order valence-corrected chi connectivity index (χ0v) is 17.7. The summed E-state index contributed by atoms with van der Waals surface area (Å²) in [6.45, 7) is 1.67. The number of amides is 4. The highest BCUT2D eigenvalue weighted by Crippen LogP contribution is 2.30. The van der Waals surface area contributed by atoms with Gasteiger partial charge in [0.15, 0.2) is 11.5 Å². The molecule has 0 spiro atoms. The van der Waals surface area contributed by atoms with Crippen molar-refractivity contribution in [3.8, 4) is 11.5 Å². The third-order valence-corrected chi connectivity index (χ3v) is 4.73. The van der Waals surface area contributed by atoms with E-state index in [-0.39, 0.29) is 23.5 Å². The topological polar surface area (TPSA) is 102 Å². The van der Waals surface area contributed by atoms with E-state index >= 15 is 0 Å². The van der Waals surface area contributed by atoms with Crippen LogP contribution in [0.4, 0.5) is 10.5 Å². The first-order valence-corrected chi connectivity index (χ1v) is 9.69. The van der Waals surface area contributed by atoms with Gasteiger partial charge in [-0.15, -0.1) is 0 Å². The van der Waals surface area contributed by atoms with Crippen LogP contribution in [0.3, 0.4) is 0 Å². The quantitative estimate of drug-likeness (QED) is 0.309. The number of imide groups is 2. The Morgan fingerprint density at radius 1 is 1.10 bits per heavy atom. The highest BCUT2D eigenvalue weighted by molar-refractivity contribution is 9.10. The van der Waals surface area contributed by atoms with Crippen LogP contribution in [0, 0.1) is 0 Å². The van der Waals surface area contributed by atoms with Gasteiger partial charge in [0.05, 0.1) is 12.8 Å². The summed E-state index contributed by atoms with van der Waals surface area (Å²) in [6, 6.07) is 10.3. The van der Waals surface area contributed by atoms with Crippen LogP contribution >= 0.6 is 15.9 Å². The van der Waals surface area contributed by atoms with Gasteiger partial charge in [-0.2, -0.15) is 0 Å².